The van der Waals surface area contributed by atoms with E-state index in [4.69, 9.17) is 0 Å². The van der Waals surface area contributed by atoms with Gasteiger partial charge in [0.2, 0.25) is 5.13 Å². The van der Waals surface area contributed by atoms with Crippen LogP contribution in [0.4, 0.5) is 18.3 Å². The summed E-state index contributed by atoms with van der Waals surface area (Å²) in [5.41, 5.74) is 4.18. The maximum atomic E-state index is 13.3. The highest BCUT2D eigenvalue weighted by Gasteiger charge is 2.33. The largest absolute Gasteiger partial charge is 0.417 e. The Kier molecular flexibility index (Phi) is 4.85. The molecule has 0 fully saturated rings. The third-order valence-electron chi connectivity index (χ3n) is 3.47. The third-order valence-corrected chi connectivity index (χ3v) is 4.33. The van der Waals surface area contributed by atoms with Gasteiger partial charge in [-0.25, -0.2) is 4.98 Å². The summed E-state index contributed by atoms with van der Waals surface area (Å²) < 4.78 is 39.9. The molecule has 0 aliphatic rings. The van der Waals surface area contributed by atoms with Crippen molar-refractivity contribution in [3.63, 3.8) is 0 Å². The fraction of sp³-hybridized carbons (Fsp3) is 0.111. The van der Waals surface area contributed by atoms with Crippen LogP contribution >= 0.6 is 11.3 Å². The SMILES string of the molecule is Cc1csc(NN=Cc2ccccc2-c2ccccc2C(F)(F)F)n1. The number of nitrogens with one attached hydrogen (secondary N) is 1. The first kappa shape index (κ1) is 17.2. The van der Waals surface area contributed by atoms with Gasteiger partial charge in [0.1, 0.15) is 0 Å². The van der Waals surface area contributed by atoms with E-state index in [2.05, 4.69) is 15.5 Å². The minimum absolute atomic E-state index is 0.127. The number of hydrazone groups is 1. The zero-order valence-corrected chi connectivity index (χ0v) is 14.0. The minimum atomic E-state index is -4.42. The van der Waals surface area contributed by atoms with Crippen LogP contribution in [0.3, 0.4) is 0 Å². The average Bonchev–Trinajstić information content (AvgIpc) is 3.00. The first-order chi connectivity index (χ1) is 11.9. The van der Waals surface area contributed by atoms with Gasteiger partial charge in [-0.2, -0.15) is 18.3 Å². The predicted octanol–water partition coefficient (Wildman–Crippen LogP) is 5.58. The highest BCUT2D eigenvalue weighted by molar-refractivity contribution is 7.13. The lowest BCUT2D eigenvalue weighted by Crippen LogP contribution is -2.07. The van der Waals surface area contributed by atoms with Crippen molar-refractivity contribution < 1.29 is 13.2 Å². The fourth-order valence-corrected chi connectivity index (χ4v) is 3.02. The molecule has 1 N–H and O–H groups in total. The molecule has 2 aromatic carbocycles. The molecule has 3 aromatic rings. The molecule has 1 aromatic heterocycles. The molecule has 0 aliphatic heterocycles. The van der Waals surface area contributed by atoms with Crippen LogP contribution in [-0.2, 0) is 6.18 Å². The maximum Gasteiger partial charge on any atom is 0.417 e. The van der Waals surface area contributed by atoms with E-state index in [-0.39, 0.29) is 5.56 Å². The van der Waals surface area contributed by atoms with Gasteiger partial charge in [0.15, 0.2) is 0 Å². The van der Waals surface area contributed by atoms with Gasteiger partial charge in [0, 0.05) is 10.9 Å². The lowest BCUT2D eigenvalue weighted by Gasteiger charge is -2.14. The number of alkyl halides is 3. The van der Waals surface area contributed by atoms with Crippen LogP contribution in [0.5, 0.6) is 0 Å². The molecule has 1 heterocycles. The van der Waals surface area contributed by atoms with Gasteiger partial charge in [-0.3, -0.25) is 5.43 Å². The molecular weight excluding hydrogens is 347 g/mol. The molecule has 25 heavy (non-hydrogen) atoms. The molecule has 0 atom stereocenters. The van der Waals surface area contributed by atoms with Gasteiger partial charge in [-0.1, -0.05) is 42.5 Å². The van der Waals surface area contributed by atoms with Crippen LogP contribution < -0.4 is 5.43 Å². The standard InChI is InChI=1S/C18H14F3N3S/c1-12-11-25-17(23-12)24-22-10-13-6-2-3-7-14(13)15-8-4-5-9-16(15)18(19,20)21/h2-11H,1H3,(H,23,24). The Labute approximate surface area is 146 Å². The second-order valence-corrected chi connectivity index (χ2v) is 6.15. The van der Waals surface area contributed by atoms with E-state index >= 15 is 0 Å². The first-order valence-corrected chi connectivity index (χ1v) is 8.30. The molecule has 0 saturated carbocycles. The molecule has 0 aliphatic carbocycles. The van der Waals surface area contributed by atoms with Crippen LogP contribution in [0.25, 0.3) is 11.1 Å². The van der Waals surface area contributed by atoms with Crippen molar-refractivity contribution in [2.75, 3.05) is 5.43 Å². The van der Waals surface area contributed by atoms with Crippen LogP contribution in [0.2, 0.25) is 0 Å². The second-order valence-electron chi connectivity index (χ2n) is 5.29. The second kappa shape index (κ2) is 7.06. The normalized spacial score (nSPS) is 11.8. The molecule has 3 rings (SSSR count). The van der Waals surface area contributed by atoms with E-state index in [1.165, 1.54) is 29.7 Å². The number of halogens is 3. The van der Waals surface area contributed by atoms with Gasteiger partial charge in [0.05, 0.1) is 17.5 Å². The Morgan fingerprint density at radius 2 is 1.72 bits per heavy atom. The van der Waals surface area contributed by atoms with Gasteiger partial charge in [-0.15, -0.1) is 11.3 Å². The van der Waals surface area contributed by atoms with E-state index < -0.39 is 11.7 Å². The minimum Gasteiger partial charge on any atom is -0.253 e. The molecule has 0 radical (unpaired) electrons. The highest BCUT2D eigenvalue weighted by Crippen LogP contribution is 2.37. The van der Waals surface area contributed by atoms with Crippen molar-refractivity contribution in [1.29, 1.82) is 0 Å². The zero-order chi connectivity index (χ0) is 17.9. The average molecular weight is 361 g/mol. The zero-order valence-electron chi connectivity index (χ0n) is 13.2. The third kappa shape index (κ3) is 4.06. The van der Waals surface area contributed by atoms with Crippen molar-refractivity contribution in [3.05, 3.63) is 70.7 Å². The summed E-state index contributed by atoms with van der Waals surface area (Å²) in [6.45, 7) is 1.87. The summed E-state index contributed by atoms with van der Waals surface area (Å²) in [6, 6.07) is 12.4. The number of benzene rings is 2. The molecule has 0 bridgehead atoms. The van der Waals surface area contributed by atoms with Crippen molar-refractivity contribution in [2.45, 2.75) is 13.1 Å². The molecule has 0 spiro atoms. The Bertz CT molecular complexity index is 900. The van der Waals surface area contributed by atoms with E-state index in [1.807, 2.05) is 12.3 Å². The van der Waals surface area contributed by atoms with Gasteiger partial charge >= 0.3 is 6.18 Å². The summed E-state index contributed by atoms with van der Waals surface area (Å²) in [7, 11) is 0. The first-order valence-electron chi connectivity index (χ1n) is 7.42. The molecule has 0 amide bonds. The van der Waals surface area contributed by atoms with E-state index in [9.17, 15) is 13.2 Å². The molecule has 3 nitrogen and oxygen atoms in total. The number of rotatable bonds is 4. The Morgan fingerprint density at radius 1 is 1.04 bits per heavy atom. The number of anilines is 1. The monoisotopic (exact) mass is 361 g/mol. The van der Waals surface area contributed by atoms with Crippen LogP contribution in [0.1, 0.15) is 16.8 Å². The predicted molar refractivity (Wildman–Crippen MR) is 94.9 cm³/mol. The van der Waals surface area contributed by atoms with Crippen molar-refractivity contribution in [2.24, 2.45) is 5.10 Å². The quantitative estimate of drug-likeness (QED) is 0.486. The summed E-state index contributed by atoms with van der Waals surface area (Å²) in [4.78, 5) is 4.21. The van der Waals surface area contributed by atoms with Crippen molar-refractivity contribution in [3.8, 4) is 11.1 Å². The summed E-state index contributed by atoms with van der Waals surface area (Å²) >= 11 is 1.41. The Balaban J connectivity index is 1.94. The highest BCUT2D eigenvalue weighted by atomic mass is 32.1. The van der Waals surface area contributed by atoms with Crippen LogP contribution in [0, 0.1) is 6.92 Å². The van der Waals surface area contributed by atoms with Gasteiger partial charge < -0.3 is 0 Å². The van der Waals surface area contributed by atoms with Crippen molar-refractivity contribution >= 4 is 22.7 Å². The number of hydrogen-bond donors (Lipinski definition) is 1. The van der Waals surface area contributed by atoms with E-state index in [0.717, 1.165) is 11.8 Å². The molecular formula is C18H14F3N3S. The maximum absolute atomic E-state index is 13.3. The molecule has 0 unspecified atom stereocenters. The molecule has 0 saturated heterocycles. The topological polar surface area (TPSA) is 37.3 Å². The van der Waals surface area contributed by atoms with E-state index in [0.29, 0.717) is 16.3 Å². The van der Waals surface area contributed by atoms with Gasteiger partial charge in [-0.05, 0) is 24.1 Å². The number of thiazole rings is 1. The number of nitrogens with zero attached hydrogens (tertiary/aromatic N) is 2. The van der Waals surface area contributed by atoms with Crippen LogP contribution in [-0.4, -0.2) is 11.2 Å². The Morgan fingerprint density at radius 3 is 2.40 bits per heavy atom. The molecule has 128 valence electrons. The number of hydrogen-bond acceptors (Lipinski definition) is 4. The number of aromatic nitrogens is 1. The number of aryl methyl sites for hydroxylation is 1. The van der Waals surface area contributed by atoms with Gasteiger partial charge in [0.25, 0.3) is 0 Å². The lowest BCUT2D eigenvalue weighted by atomic mass is 9.95. The lowest BCUT2D eigenvalue weighted by molar-refractivity contribution is -0.137. The summed E-state index contributed by atoms with van der Waals surface area (Å²) in [5, 5.41) is 6.60. The summed E-state index contributed by atoms with van der Waals surface area (Å²) in [6.07, 6.45) is -2.92. The van der Waals surface area contributed by atoms with E-state index in [1.54, 1.807) is 30.3 Å². The van der Waals surface area contributed by atoms with Crippen molar-refractivity contribution in [1.82, 2.24) is 4.98 Å². The fourth-order valence-electron chi connectivity index (χ4n) is 2.38. The van der Waals surface area contributed by atoms with Crippen LogP contribution in [0.15, 0.2) is 59.0 Å². The smallest absolute Gasteiger partial charge is 0.253 e. The Hall–Kier alpha value is -2.67. The summed E-state index contributed by atoms with van der Waals surface area (Å²) in [5.74, 6) is 0. The molecule has 7 heteroatoms.